The van der Waals surface area contributed by atoms with Gasteiger partial charge < -0.3 is 14.7 Å². The molecule has 0 amide bonds. The summed E-state index contributed by atoms with van der Waals surface area (Å²) >= 11 is 0. The lowest BCUT2D eigenvalue weighted by Crippen LogP contribution is -2.34. The van der Waals surface area contributed by atoms with Crippen LogP contribution in [0, 0.1) is 22.7 Å². The summed E-state index contributed by atoms with van der Waals surface area (Å²) in [5.41, 5.74) is 6.24. The summed E-state index contributed by atoms with van der Waals surface area (Å²) in [4.78, 5) is 2.54. The molecule has 0 atom stereocenters. The van der Waals surface area contributed by atoms with Gasteiger partial charge >= 0.3 is 0 Å². The van der Waals surface area contributed by atoms with Crippen LogP contribution in [-0.4, -0.2) is 24.8 Å². The average Bonchev–Trinajstić information content (AvgIpc) is 2.74. The zero-order valence-electron chi connectivity index (χ0n) is 17.6. The van der Waals surface area contributed by atoms with E-state index in [2.05, 4.69) is 23.1 Å². The maximum Gasteiger partial charge on any atom is 0.137 e. The van der Waals surface area contributed by atoms with E-state index < -0.39 is 0 Å². The molecule has 30 heavy (non-hydrogen) atoms. The second kappa shape index (κ2) is 9.96. The molecule has 0 radical (unpaired) electrons. The lowest BCUT2D eigenvalue weighted by Gasteiger charge is -2.37. The van der Waals surface area contributed by atoms with E-state index in [4.69, 9.17) is 20.4 Å². The van der Waals surface area contributed by atoms with E-state index in [9.17, 15) is 0 Å². The smallest absolute Gasteiger partial charge is 0.137 e. The van der Waals surface area contributed by atoms with Crippen LogP contribution in [-0.2, 0) is 17.6 Å². The number of nitrogens with zero attached hydrogens (tertiary/aromatic N) is 3. The van der Waals surface area contributed by atoms with Gasteiger partial charge in [-0.05, 0) is 86.6 Å². The highest BCUT2D eigenvalue weighted by Gasteiger charge is 2.23. The van der Waals surface area contributed by atoms with Crippen LogP contribution >= 0.6 is 0 Å². The number of aliphatic hydroxyl groups excluding tert-OH is 1. The Morgan fingerprint density at radius 1 is 1.10 bits per heavy atom. The molecule has 0 spiro atoms. The summed E-state index contributed by atoms with van der Waals surface area (Å²) < 4.78 is 5.75. The first-order chi connectivity index (χ1) is 14.6. The van der Waals surface area contributed by atoms with E-state index in [-0.39, 0.29) is 12.2 Å². The molecule has 1 aromatic rings. The van der Waals surface area contributed by atoms with Gasteiger partial charge in [-0.1, -0.05) is 6.08 Å². The zero-order chi connectivity index (χ0) is 21.5. The van der Waals surface area contributed by atoms with E-state index in [1.807, 2.05) is 25.1 Å². The van der Waals surface area contributed by atoms with Crippen LogP contribution in [0.15, 0.2) is 53.0 Å². The highest BCUT2D eigenvalue weighted by molar-refractivity contribution is 5.68. The maximum atomic E-state index is 9.10. The van der Waals surface area contributed by atoms with E-state index in [1.54, 1.807) is 19.1 Å². The van der Waals surface area contributed by atoms with Crippen molar-refractivity contribution < 1.29 is 9.84 Å². The van der Waals surface area contributed by atoms with Gasteiger partial charge in [-0.3, -0.25) is 0 Å². The Hall–Kier alpha value is -3.28. The fourth-order valence-electron chi connectivity index (χ4n) is 4.14. The molecule has 0 aromatic heterocycles. The second-order valence-corrected chi connectivity index (χ2v) is 7.49. The molecular formula is C25H27N3O2. The third kappa shape index (κ3) is 4.82. The van der Waals surface area contributed by atoms with Crippen molar-refractivity contribution in [3.8, 4) is 12.1 Å². The molecular weight excluding hydrogens is 374 g/mol. The molecule has 0 saturated carbocycles. The Morgan fingerprint density at radius 2 is 1.70 bits per heavy atom. The fourth-order valence-corrected chi connectivity index (χ4v) is 4.14. The number of allylic oxidation sites excluding steroid dienone is 6. The van der Waals surface area contributed by atoms with E-state index in [1.165, 1.54) is 48.3 Å². The van der Waals surface area contributed by atoms with Gasteiger partial charge in [0.25, 0.3) is 0 Å². The van der Waals surface area contributed by atoms with Crippen molar-refractivity contribution in [2.24, 2.45) is 0 Å². The molecule has 0 aliphatic carbocycles. The van der Waals surface area contributed by atoms with Crippen molar-refractivity contribution in [1.82, 2.24) is 0 Å². The minimum atomic E-state index is 0.0989. The van der Waals surface area contributed by atoms with Crippen LogP contribution in [0.25, 0.3) is 6.08 Å². The number of ether oxygens (including phenoxy) is 1. The average molecular weight is 402 g/mol. The molecule has 3 aliphatic rings. The number of benzene rings is 1. The predicted molar refractivity (Wildman–Crippen MR) is 118 cm³/mol. The summed E-state index contributed by atoms with van der Waals surface area (Å²) in [6, 6.07) is 8.45. The van der Waals surface area contributed by atoms with Crippen molar-refractivity contribution in [1.29, 1.82) is 10.5 Å². The van der Waals surface area contributed by atoms with Gasteiger partial charge in [0.1, 0.15) is 29.2 Å². The van der Waals surface area contributed by atoms with Crippen LogP contribution in [0.1, 0.15) is 43.4 Å². The van der Waals surface area contributed by atoms with Gasteiger partial charge in [0.05, 0.1) is 0 Å². The van der Waals surface area contributed by atoms with Crippen LogP contribution in [0.2, 0.25) is 0 Å². The highest BCUT2D eigenvalue weighted by atomic mass is 16.5. The van der Waals surface area contributed by atoms with Gasteiger partial charge in [-0.15, -0.1) is 0 Å². The molecule has 154 valence electrons. The van der Waals surface area contributed by atoms with E-state index >= 15 is 0 Å². The first kappa shape index (κ1) is 21.4. The number of nitriles is 2. The van der Waals surface area contributed by atoms with Gasteiger partial charge in [0.15, 0.2) is 0 Å². The van der Waals surface area contributed by atoms with Crippen molar-refractivity contribution in [3.63, 3.8) is 0 Å². The Balaban J connectivity index is 0.000000806. The molecule has 5 nitrogen and oxygen atoms in total. The van der Waals surface area contributed by atoms with Crippen LogP contribution in [0.4, 0.5) is 5.69 Å². The van der Waals surface area contributed by atoms with Gasteiger partial charge in [-0.25, -0.2) is 0 Å². The molecule has 0 saturated heterocycles. The molecule has 5 heteroatoms. The van der Waals surface area contributed by atoms with Gasteiger partial charge in [0, 0.05) is 31.0 Å². The Morgan fingerprint density at radius 3 is 2.27 bits per heavy atom. The maximum absolute atomic E-state index is 9.10. The summed E-state index contributed by atoms with van der Waals surface area (Å²) in [5, 5.41) is 25.8. The van der Waals surface area contributed by atoms with Crippen molar-refractivity contribution in [3.05, 3.63) is 69.7 Å². The minimum Gasteiger partial charge on any atom is -0.462 e. The summed E-state index contributed by atoms with van der Waals surface area (Å²) in [6.45, 7) is 6.11. The number of aliphatic hydroxyl groups is 1. The number of aryl methyl sites for hydroxylation is 2. The van der Waals surface area contributed by atoms with Crippen molar-refractivity contribution in [2.75, 3.05) is 24.6 Å². The normalized spacial score (nSPS) is 16.8. The highest BCUT2D eigenvalue weighted by Crippen LogP contribution is 2.36. The summed E-state index contributed by atoms with van der Waals surface area (Å²) in [7, 11) is 0. The summed E-state index contributed by atoms with van der Waals surface area (Å²) in [5.74, 6) is 1.31. The van der Waals surface area contributed by atoms with Crippen molar-refractivity contribution >= 4 is 11.8 Å². The SMILES string of the molecule is CC1=CC(=C(C#N)C#N)C=C(C=Cc2cc3c4c(c2)CCCN4CCC3)O1.CCO. The first-order valence-corrected chi connectivity index (χ1v) is 10.4. The van der Waals surface area contributed by atoms with E-state index in [0.717, 1.165) is 12.8 Å². The molecule has 3 heterocycles. The van der Waals surface area contributed by atoms with Crippen molar-refractivity contribution in [2.45, 2.75) is 39.5 Å². The molecule has 4 rings (SSSR count). The second-order valence-electron chi connectivity index (χ2n) is 7.49. The predicted octanol–water partition coefficient (Wildman–Crippen LogP) is 4.56. The standard InChI is InChI=1S/C23H21N3O.C2H6O/c1-16-10-20(21(14-24)15-25)13-22(27-16)7-6-17-11-18-4-2-8-26-9-3-5-19(12-17)23(18)26;1-2-3/h6-7,10-13H,2-5,8-9H2,1H3;3H,2H2,1H3. The Labute approximate surface area is 178 Å². The fraction of sp³-hybridized carbons (Fsp3) is 0.360. The monoisotopic (exact) mass is 401 g/mol. The van der Waals surface area contributed by atoms with Crippen LogP contribution in [0.3, 0.4) is 0 Å². The quantitative estimate of drug-likeness (QED) is 0.735. The Kier molecular flexibility index (Phi) is 7.12. The lowest BCUT2D eigenvalue weighted by molar-refractivity contribution is 0.318. The minimum absolute atomic E-state index is 0.0989. The van der Waals surface area contributed by atoms with E-state index in [0.29, 0.717) is 17.1 Å². The molecule has 1 aromatic carbocycles. The number of hydrogen-bond acceptors (Lipinski definition) is 5. The number of anilines is 1. The van der Waals surface area contributed by atoms with Gasteiger partial charge in [0.2, 0.25) is 0 Å². The molecule has 0 bridgehead atoms. The number of rotatable bonds is 2. The van der Waals surface area contributed by atoms with Crippen LogP contribution in [0.5, 0.6) is 0 Å². The van der Waals surface area contributed by atoms with Crippen LogP contribution < -0.4 is 4.90 Å². The zero-order valence-corrected chi connectivity index (χ0v) is 17.6. The Bertz CT molecular complexity index is 969. The topological polar surface area (TPSA) is 80.3 Å². The lowest BCUT2D eigenvalue weighted by atomic mass is 9.90. The largest absolute Gasteiger partial charge is 0.462 e. The number of hydrogen-bond donors (Lipinski definition) is 1. The summed E-state index contributed by atoms with van der Waals surface area (Å²) in [6.07, 6.45) is 12.2. The third-order valence-corrected chi connectivity index (χ3v) is 5.24. The molecule has 1 N–H and O–H groups in total. The first-order valence-electron chi connectivity index (χ1n) is 10.4. The molecule has 0 fully saturated rings. The molecule has 0 unspecified atom stereocenters. The van der Waals surface area contributed by atoms with Gasteiger partial charge in [-0.2, -0.15) is 10.5 Å². The third-order valence-electron chi connectivity index (χ3n) is 5.24. The molecule has 3 aliphatic heterocycles.